The van der Waals surface area contributed by atoms with Gasteiger partial charge in [-0.05, 0) is 96.4 Å². The maximum Gasteiger partial charge on any atom is 0.494 e. The number of fused-ring (bicyclic) bond motifs is 4. The second-order valence-electron chi connectivity index (χ2n) is 14.5. The Balaban J connectivity index is 1.09. The molecule has 9 heteroatoms. The number of carbonyl (C=O) groups excluding carboxylic acids is 1. The van der Waals surface area contributed by atoms with E-state index in [0.717, 1.165) is 76.4 Å². The fraction of sp³-hybridized carbons (Fsp3) is 0.774. The van der Waals surface area contributed by atoms with Gasteiger partial charge in [-0.15, -0.1) is 0 Å². The Bertz CT molecular complexity index is 1160. The minimum absolute atomic E-state index is 0.254. The van der Waals surface area contributed by atoms with Crippen LogP contribution in [0.2, 0.25) is 0 Å². The Kier molecular flexibility index (Phi) is 5.89. The molecule has 1 spiro atoms. The van der Waals surface area contributed by atoms with Gasteiger partial charge in [-0.3, -0.25) is 14.6 Å². The molecule has 7 aliphatic rings. The van der Waals surface area contributed by atoms with Crippen molar-refractivity contribution in [2.75, 3.05) is 44.4 Å². The molecule has 2 unspecified atom stereocenters. The summed E-state index contributed by atoms with van der Waals surface area (Å²) in [6.07, 6.45) is 6.37. The number of carbonyl (C=O) groups is 1. The van der Waals surface area contributed by atoms with Gasteiger partial charge in [0.2, 0.25) is 5.91 Å². The molecule has 6 fully saturated rings. The van der Waals surface area contributed by atoms with E-state index in [0.29, 0.717) is 30.1 Å². The lowest BCUT2D eigenvalue weighted by atomic mass is 9.71. The van der Waals surface area contributed by atoms with Crippen LogP contribution in [0.3, 0.4) is 0 Å². The standard InChI is InChI=1S/C31H44BN3O5/c1-29(2)30(3,4)40-32(39-29)20-5-8-26-27(13-20)35(24-14-23(15-24)34-21-6-7-22(34)17-37-16-21)28(36)31(26)9-11-33(12-10-31)25-18-38-19-25/h5,8,13,21-25H,6-7,9-12,14-19H2,1-4H3. The molecule has 1 amide bonds. The number of hydrogen-bond acceptors (Lipinski definition) is 7. The predicted molar refractivity (Wildman–Crippen MR) is 153 cm³/mol. The highest BCUT2D eigenvalue weighted by Crippen LogP contribution is 2.52. The van der Waals surface area contributed by atoms with E-state index in [9.17, 15) is 4.79 Å². The third kappa shape index (κ3) is 3.70. The summed E-state index contributed by atoms with van der Waals surface area (Å²) < 4.78 is 24.2. The van der Waals surface area contributed by atoms with E-state index in [1.54, 1.807) is 0 Å². The summed E-state index contributed by atoms with van der Waals surface area (Å²) in [5.74, 6) is 0.325. The lowest BCUT2D eigenvalue weighted by Crippen LogP contribution is -2.62. The van der Waals surface area contributed by atoms with Gasteiger partial charge < -0.3 is 23.7 Å². The second-order valence-corrected chi connectivity index (χ2v) is 14.5. The van der Waals surface area contributed by atoms with Gasteiger partial charge in [-0.25, -0.2) is 0 Å². The highest BCUT2D eigenvalue weighted by atomic mass is 16.7. The number of piperidine rings is 1. The van der Waals surface area contributed by atoms with Gasteiger partial charge in [0.05, 0.1) is 49.1 Å². The molecule has 5 saturated heterocycles. The quantitative estimate of drug-likeness (QED) is 0.535. The Labute approximate surface area is 238 Å². The number of hydrogen-bond donors (Lipinski definition) is 0. The number of amides is 1. The maximum atomic E-state index is 14.6. The smallest absolute Gasteiger partial charge is 0.399 e. The molecule has 1 aromatic carbocycles. The molecule has 1 aliphatic carbocycles. The summed E-state index contributed by atoms with van der Waals surface area (Å²) >= 11 is 0. The Morgan fingerprint density at radius 2 is 1.40 bits per heavy atom. The van der Waals surface area contributed by atoms with E-state index < -0.39 is 23.7 Å². The topological polar surface area (TPSA) is 63.7 Å². The van der Waals surface area contributed by atoms with E-state index in [1.165, 1.54) is 18.4 Å². The Morgan fingerprint density at radius 3 is 2.00 bits per heavy atom. The molecule has 6 aliphatic heterocycles. The summed E-state index contributed by atoms with van der Waals surface area (Å²) in [7, 11) is -0.428. The second kappa shape index (κ2) is 9.01. The number of rotatable bonds is 4. The molecule has 216 valence electrons. The zero-order valence-electron chi connectivity index (χ0n) is 24.6. The van der Waals surface area contributed by atoms with Crippen molar-refractivity contribution in [1.82, 2.24) is 9.80 Å². The third-order valence-electron chi connectivity index (χ3n) is 11.9. The van der Waals surface area contributed by atoms with Crippen LogP contribution in [0.1, 0.15) is 71.8 Å². The van der Waals surface area contributed by atoms with Crippen LogP contribution < -0.4 is 10.4 Å². The van der Waals surface area contributed by atoms with Crippen molar-refractivity contribution in [3.05, 3.63) is 23.8 Å². The van der Waals surface area contributed by atoms with Crippen LogP contribution in [-0.2, 0) is 29.0 Å². The zero-order chi connectivity index (χ0) is 27.4. The van der Waals surface area contributed by atoms with Crippen LogP contribution in [0.25, 0.3) is 0 Å². The van der Waals surface area contributed by atoms with Crippen LogP contribution in [0.5, 0.6) is 0 Å². The van der Waals surface area contributed by atoms with E-state index >= 15 is 0 Å². The summed E-state index contributed by atoms with van der Waals surface area (Å²) in [6.45, 7) is 13.7. The van der Waals surface area contributed by atoms with Gasteiger partial charge in [0.1, 0.15) is 0 Å². The van der Waals surface area contributed by atoms with Gasteiger partial charge in [-0.1, -0.05) is 12.1 Å². The van der Waals surface area contributed by atoms with Gasteiger partial charge >= 0.3 is 7.12 Å². The monoisotopic (exact) mass is 549 g/mol. The summed E-state index contributed by atoms with van der Waals surface area (Å²) in [4.78, 5) is 22.1. The number of likely N-dealkylation sites (tertiary alicyclic amines) is 1. The van der Waals surface area contributed by atoms with E-state index in [4.69, 9.17) is 18.8 Å². The molecule has 2 bridgehead atoms. The third-order valence-corrected chi connectivity index (χ3v) is 11.9. The summed E-state index contributed by atoms with van der Waals surface area (Å²) in [5, 5.41) is 0. The molecule has 8 rings (SSSR count). The number of morpholine rings is 1. The first kappa shape index (κ1) is 26.2. The molecule has 0 N–H and O–H groups in total. The van der Waals surface area contributed by atoms with Gasteiger partial charge in [0.25, 0.3) is 0 Å². The van der Waals surface area contributed by atoms with Crippen molar-refractivity contribution >= 4 is 24.2 Å². The average molecular weight is 550 g/mol. The molecule has 0 radical (unpaired) electrons. The van der Waals surface area contributed by atoms with E-state index in [1.807, 2.05) is 0 Å². The first-order valence-corrected chi connectivity index (χ1v) is 15.7. The molecular formula is C31H44BN3O5. The zero-order valence-corrected chi connectivity index (χ0v) is 24.6. The minimum atomic E-state index is -0.428. The summed E-state index contributed by atoms with van der Waals surface area (Å²) in [6, 6.07) is 9.07. The van der Waals surface area contributed by atoms with Crippen molar-refractivity contribution in [3.8, 4) is 0 Å². The fourth-order valence-electron chi connectivity index (χ4n) is 8.55. The summed E-state index contributed by atoms with van der Waals surface area (Å²) in [5.41, 5.74) is 2.11. The van der Waals surface area contributed by atoms with Gasteiger partial charge in [0.15, 0.2) is 0 Å². The largest absolute Gasteiger partial charge is 0.494 e. The van der Waals surface area contributed by atoms with Crippen LogP contribution in [0.15, 0.2) is 18.2 Å². The first-order chi connectivity index (χ1) is 19.2. The first-order valence-electron chi connectivity index (χ1n) is 15.7. The van der Waals surface area contributed by atoms with Crippen molar-refractivity contribution in [1.29, 1.82) is 0 Å². The lowest BCUT2D eigenvalue weighted by molar-refractivity contribution is -0.128. The number of ether oxygens (including phenoxy) is 2. The fourth-order valence-corrected chi connectivity index (χ4v) is 8.55. The van der Waals surface area contributed by atoms with Crippen LogP contribution in [0, 0.1) is 0 Å². The number of benzene rings is 1. The minimum Gasteiger partial charge on any atom is -0.399 e. The molecular weight excluding hydrogens is 505 g/mol. The van der Waals surface area contributed by atoms with Crippen molar-refractivity contribution < 1.29 is 23.6 Å². The molecule has 0 aromatic heterocycles. The average Bonchev–Trinajstić information content (AvgIpc) is 3.33. The molecule has 6 heterocycles. The van der Waals surface area contributed by atoms with E-state index in [2.05, 4.69) is 60.6 Å². The van der Waals surface area contributed by atoms with Crippen molar-refractivity contribution in [2.24, 2.45) is 0 Å². The van der Waals surface area contributed by atoms with Gasteiger partial charge in [0, 0.05) is 29.9 Å². The molecule has 40 heavy (non-hydrogen) atoms. The van der Waals surface area contributed by atoms with Crippen LogP contribution in [0.4, 0.5) is 5.69 Å². The molecule has 1 saturated carbocycles. The normalized spacial score (nSPS) is 36.6. The highest BCUT2D eigenvalue weighted by molar-refractivity contribution is 6.62. The Morgan fingerprint density at radius 1 is 0.800 bits per heavy atom. The van der Waals surface area contributed by atoms with Crippen LogP contribution >= 0.6 is 0 Å². The maximum absolute atomic E-state index is 14.6. The molecule has 1 aromatic rings. The van der Waals surface area contributed by atoms with Crippen molar-refractivity contribution in [3.63, 3.8) is 0 Å². The van der Waals surface area contributed by atoms with Crippen molar-refractivity contribution in [2.45, 2.75) is 113 Å². The number of anilines is 1. The predicted octanol–water partition coefficient (Wildman–Crippen LogP) is 2.46. The Hall–Kier alpha value is -1.49. The molecule has 8 nitrogen and oxygen atoms in total. The molecule has 2 atom stereocenters. The SMILES string of the molecule is CC1(C)OB(c2ccc3c(c2)N(C2CC(N4C5CCC4COC5)C2)C(=O)C32CCN(C3COC3)CC2)OC1(C)C. The van der Waals surface area contributed by atoms with E-state index in [-0.39, 0.29) is 6.04 Å². The highest BCUT2D eigenvalue weighted by Gasteiger charge is 2.58. The van der Waals surface area contributed by atoms with Gasteiger partial charge in [-0.2, -0.15) is 0 Å². The lowest BCUT2D eigenvalue weighted by Gasteiger charge is -2.51. The number of nitrogens with zero attached hydrogens (tertiary/aromatic N) is 3. The van der Waals surface area contributed by atoms with Crippen LogP contribution in [-0.4, -0.2) is 104 Å².